The van der Waals surface area contributed by atoms with Gasteiger partial charge in [-0.25, -0.2) is 4.79 Å². The molecule has 4 aliphatic rings. The standard InChI is InChI=1S/C22H38N4O/c1-3-26(4-2)21(27)24-17-11-10-16(23-15-17)14-18-19-8-5-6-12-22(19)13-7-9-20(18)25-22/h16-17,19,23,25H,3-15H2,1-2H3,(H,24,27)/t16-,17-,19?,22?/m0/s1. The van der Waals surface area contributed by atoms with E-state index in [2.05, 4.69) is 16.0 Å². The minimum atomic E-state index is 0.0909. The molecule has 3 N–H and O–H groups in total. The van der Waals surface area contributed by atoms with Crippen LogP contribution in [0.3, 0.4) is 0 Å². The zero-order chi connectivity index (χ0) is 18.9. The monoisotopic (exact) mass is 374 g/mol. The second-order valence-corrected chi connectivity index (χ2v) is 9.14. The topological polar surface area (TPSA) is 56.4 Å². The fourth-order valence-corrected chi connectivity index (χ4v) is 6.17. The molecule has 2 unspecified atom stereocenters. The third-order valence-corrected chi connectivity index (χ3v) is 7.65. The van der Waals surface area contributed by atoms with E-state index in [0.717, 1.165) is 32.0 Å². The van der Waals surface area contributed by atoms with Crippen molar-refractivity contribution in [3.8, 4) is 0 Å². The van der Waals surface area contributed by atoms with Gasteiger partial charge in [-0.15, -0.1) is 0 Å². The summed E-state index contributed by atoms with van der Waals surface area (Å²) < 4.78 is 0. The van der Waals surface area contributed by atoms with Gasteiger partial charge in [0, 0.05) is 48.9 Å². The summed E-state index contributed by atoms with van der Waals surface area (Å²) in [6, 6.07) is 0.941. The van der Waals surface area contributed by atoms with Crippen LogP contribution in [-0.2, 0) is 0 Å². The molecule has 152 valence electrons. The van der Waals surface area contributed by atoms with Crippen LogP contribution in [0.5, 0.6) is 0 Å². The van der Waals surface area contributed by atoms with E-state index in [1.165, 1.54) is 57.8 Å². The Balaban J connectivity index is 1.31. The first kappa shape index (κ1) is 19.1. The summed E-state index contributed by atoms with van der Waals surface area (Å²) in [5.41, 5.74) is 3.79. The maximum absolute atomic E-state index is 12.3. The maximum Gasteiger partial charge on any atom is 0.317 e. The van der Waals surface area contributed by atoms with Gasteiger partial charge in [-0.2, -0.15) is 0 Å². The molecule has 1 spiro atoms. The quantitative estimate of drug-likeness (QED) is 0.690. The lowest BCUT2D eigenvalue weighted by molar-refractivity contribution is 0.171. The Bertz CT molecular complexity index is 573. The van der Waals surface area contributed by atoms with Gasteiger partial charge < -0.3 is 20.9 Å². The summed E-state index contributed by atoms with van der Waals surface area (Å²) in [5, 5.41) is 11.0. The Morgan fingerprint density at radius 1 is 1.15 bits per heavy atom. The van der Waals surface area contributed by atoms with E-state index >= 15 is 0 Å². The van der Waals surface area contributed by atoms with E-state index in [9.17, 15) is 4.79 Å². The number of urea groups is 1. The van der Waals surface area contributed by atoms with Crippen molar-refractivity contribution in [1.82, 2.24) is 20.9 Å². The Labute approximate surface area is 164 Å². The van der Waals surface area contributed by atoms with Crippen molar-refractivity contribution in [3.05, 3.63) is 11.3 Å². The minimum absolute atomic E-state index is 0.0909. The highest BCUT2D eigenvalue weighted by molar-refractivity contribution is 5.74. The lowest BCUT2D eigenvalue weighted by Gasteiger charge is -2.43. The van der Waals surface area contributed by atoms with Gasteiger partial charge in [0.05, 0.1) is 0 Å². The third-order valence-electron chi connectivity index (χ3n) is 7.65. The molecule has 0 radical (unpaired) electrons. The number of allylic oxidation sites excluding steroid dienone is 1. The van der Waals surface area contributed by atoms with Crippen LogP contribution in [-0.4, -0.2) is 48.2 Å². The van der Waals surface area contributed by atoms with Gasteiger partial charge in [0.15, 0.2) is 0 Å². The van der Waals surface area contributed by atoms with Crippen molar-refractivity contribution < 1.29 is 4.79 Å². The van der Waals surface area contributed by atoms with Crippen molar-refractivity contribution in [2.45, 2.75) is 95.7 Å². The normalized spacial score (nSPS) is 35.4. The van der Waals surface area contributed by atoms with Gasteiger partial charge in [0.1, 0.15) is 0 Å². The second-order valence-electron chi connectivity index (χ2n) is 9.14. The number of carbonyl (C=O) groups is 1. The van der Waals surface area contributed by atoms with Gasteiger partial charge in [-0.3, -0.25) is 0 Å². The van der Waals surface area contributed by atoms with Gasteiger partial charge in [0.25, 0.3) is 0 Å². The molecule has 2 saturated heterocycles. The van der Waals surface area contributed by atoms with Crippen LogP contribution in [0.2, 0.25) is 0 Å². The highest BCUT2D eigenvalue weighted by Crippen LogP contribution is 2.51. The number of nitrogens with one attached hydrogen (secondary N) is 3. The Hall–Kier alpha value is -1.23. The Morgan fingerprint density at radius 3 is 2.70 bits per heavy atom. The molecule has 2 bridgehead atoms. The molecule has 3 heterocycles. The van der Waals surface area contributed by atoms with Crippen molar-refractivity contribution >= 4 is 6.03 Å². The smallest absolute Gasteiger partial charge is 0.317 e. The van der Waals surface area contributed by atoms with E-state index < -0.39 is 0 Å². The van der Waals surface area contributed by atoms with Crippen LogP contribution >= 0.6 is 0 Å². The van der Waals surface area contributed by atoms with Crippen molar-refractivity contribution in [2.75, 3.05) is 19.6 Å². The summed E-state index contributed by atoms with van der Waals surface area (Å²) in [6.07, 6.45) is 13.1. The average molecular weight is 375 g/mol. The fourth-order valence-electron chi connectivity index (χ4n) is 6.17. The molecule has 5 heteroatoms. The van der Waals surface area contributed by atoms with E-state index in [1.807, 2.05) is 18.7 Å². The zero-order valence-corrected chi connectivity index (χ0v) is 17.3. The van der Waals surface area contributed by atoms with E-state index in [1.54, 1.807) is 11.3 Å². The predicted molar refractivity (Wildman–Crippen MR) is 110 cm³/mol. The largest absolute Gasteiger partial charge is 0.382 e. The number of nitrogens with zero attached hydrogens (tertiary/aromatic N) is 1. The molecule has 5 nitrogen and oxygen atoms in total. The van der Waals surface area contributed by atoms with Gasteiger partial charge in [-0.05, 0) is 70.8 Å². The van der Waals surface area contributed by atoms with E-state index in [0.29, 0.717) is 11.6 Å². The molecule has 2 amide bonds. The summed E-state index contributed by atoms with van der Waals surface area (Å²) in [4.78, 5) is 14.2. The molecule has 0 aromatic rings. The molecular weight excluding hydrogens is 336 g/mol. The molecule has 1 aliphatic carbocycles. The van der Waals surface area contributed by atoms with Crippen molar-refractivity contribution in [2.24, 2.45) is 5.92 Å². The minimum Gasteiger partial charge on any atom is -0.382 e. The number of fused-ring (bicyclic) bond motifs is 1. The van der Waals surface area contributed by atoms with E-state index in [-0.39, 0.29) is 12.1 Å². The van der Waals surface area contributed by atoms with Crippen LogP contribution in [0, 0.1) is 5.92 Å². The SMILES string of the molecule is CCN(CC)C(=O)N[C@H]1CC[C@@H](CC2=C3CCCC4(CCCCC24)N3)NC1. The van der Waals surface area contributed by atoms with Gasteiger partial charge in [0.2, 0.25) is 0 Å². The number of piperidine rings is 2. The van der Waals surface area contributed by atoms with Crippen LogP contribution in [0.4, 0.5) is 4.79 Å². The summed E-state index contributed by atoms with van der Waals surface area (Å²) >= 11 is 0. The summed E-state index contributed by atoms with van der Waals surface area (Å²) in [6.45, 7) is 6.54. The summed E-state index contributed by atoms with van der Waals surface area (Å²) in [7, 11) is 0. The third kappa shape index (κ3) is 3.72. The number of hydrogen-bond acceptors (Lipinski definition) is 3. The number of rotatable bonds is 5. The molecule has 3 fully saturated rings. The number of carbonyl (C=O) groups excluding carboxylic acids is 1. The average Bonchev–Trinajstić information content (AvgIpc) is 2.90. The molecule has 4 atom stereocenters. The maximum atomic E-state index is 12.3. The molecule has 1 saturated carbocycles. The molecule has 0 aromatic heterocycles. The van der Waals surface area contributed by atoms with Crippen molar-refractivity contribution in [3.63, 3.8) is 0 Å². The molecule has 3 aliphatic heterocycles. The Kier molecular flexibility index (Phi) is 5.68. The summed E-state index contributed by atoms with van der Waals surface area (Å²) in [5.74, 6) is 0.797. The fraction of sp³-hybridized carbons (Fsp3) is 0.864. The first-order valence-corrected chi connectivity index (χ1v) is 11.4. The number of amides is 2. The zero-order valence-electron chi connectivity index (χ0n) is 17.3. The first-order valence-electron chi connectivity index (χ1n) is 11.4. The van der Waals surface area contributed by atoms with Crippen molar-refractivity contribution in [1.29, 1.82) is 0 Å². The Morgan fingerprint density at radius 2 is 1.96 bits per heavy atom. The highest BCUT2D eigenvalue weighted by Gasteiger charge is 2.49. The van der Waals surface area contributed by atoms with Crippen LogP contribution in [0.15, 0.2) is 11.3 Å². The highest BCUT2D eigenvalue weighted by atomic mass is 16.2. The molecule has 0 aromatic carbocycles. The van der Waals surface area contributed by atoms with E-state index in [4.69, 9.17) is 0 Å². The van der Waals surface area contributed by atoms with Crippen LogP contribution in [0.25, 0.3) is 0 Å². The predicted octanol–water partition coefficient (Wildman–Crippen LogP) is 3.52. The van der Waals surface area contributed by atoms with Gasteiger partial charge >= 0.3 is 6.03 Å². The number of hydrogen-bond donors (Lipinski definition) is 3. The van der Waals surface area contributed by atoms with Crippen LogP contribution < -0.4 is 16.0 Å². The lowest BCUT2D eigenvalue weighted by Crippen LogP contribution is -2.53. The van der Waals surface area contributed by atoms with Crippen LogP contribution in [0.1, 0.15) is 78.1 Å². The molecular formula is C22H38N4O. The molecule has 4 rings (SSSR count). The molecule has 27 heavy (non-hydrogen) atoms. The second kappa shape index (κ2) is 8.02. The van der Waals surface area contributed by atoms with Gasteiger partial charge in [-0.1, -0.05) is 12.8 Å². The lowest BCUT2D eigenvalue weighted by atomic mass is 9.69. The first-order chi connectivity index (χ1) is 13.1.